The van der Waals surface area contributed by atoms with Gasteiger partial charge in [-0.3, -0.25) is 24.6 Å². The van der Waals surface area contributed by atoms with E-state index >= 15 is 0 Å². The second kappa shape index (κ2) is 8.70. The summed E-state index contributed by atoms with van der Waals surface area (Å²) in [6, 6.07) is 25.0. The number of fused-ring (bicyclic) bond motifs is 1. The number of likely N-dealkylation sites (tertiary alicyclic amines) is 1. The molecule has 3 atom stereocenters. The Kier molecular flexibility index (Phi) is 5.71. The first-order valence-electron chi connectivity index (χ1n) is 11.0. The van der Waals surface area contributed by atoms with Crippen LogP contribution in [0, 0.1) is 11.8 Å². The molecule has 3 aromatic carbocycles. The number of carbonyl (C=O) groups is 3. The third-order valence-electron chi connectivity index (χ3n) is 6.82. The lowest BCUT2D eigenvalue weighted by Gasteiger charge is -2.36. The Morgan fingerprint density at radius 1 is 0.912 bits per heavy atom. The van der Waals surface area contributed by atoms with Gasteiger partial charge in [0.2, 0.25) is 11.8 Å². The Morgan fingerprint density at radius 2 is 1.47 bits per heavy atom. The van der Waals surface area contributed by atoms with Crippen molar-refractivity contribution in [3.05, 3.63) is 107 Å². The number of imide groups is 1. The predicted octanol–water partition coefficient (Wildman–Crippen LogP) is 3.53. The maximum Gasteiger partial charge on any atom is 0.323 e. The molecule has 0 bridgehead atoms. The highest BCUT2D eigenvalue weighted by Crippen LogP contribution is 2.51. The fourth-order valence-corrected chi connectivity index (χ4v) is 5.45. The molecule has 0 aliphatic carbocycles. The van der Waals surface area contributed by atoms with Crippen LogP contribution in [0.1, 0.15) is 16.7 Å². The summed E-state index contributed by atoms with van der Waals surface area (Å²) in [6.45, 7) is 0.107. The normalized spacial score (nSPS) is 23.1. The van der Waals surface area contributed by atoms with Crippen molar-refractivity contribution < 1.29 is 19.1 Å². The van der Waals surface area contributed by atoms with Crippen LogP contribution in [0.2, 0.25) is 5.02 Å². The van der Waals surface area contributed by atoms with Gasteiger partial charge in [-0.2, -0.15) is 0 Å². The number of hydrogen-bond donors (Lipinski definition) is 1. The van der Waals surface area contributed by atoms with Crippen molar-refractivity contribution in [1.29, 1.82) is 0 Å². The van der Waals surface area contributed by atoms with E-state index in [1.54, 1.807) is 24.3 Å². The molecule has 7 heteroatoms. The molecule has 0 saturated carbocycles. The van der Waals surface area contributed by atoms with Crippen molar-refractivity contribution in [3.8, 4) is 0 Å². The highest BCUT2D eigenvalue weighted by Gasteiger charge is 2.68. The summed E-state index contributed by atoms with van der Waals surface area (Å²) in [5.74, 6) is -3.00. The van der Waals surface area contributed by atoms with Gasteiger partial charge in [-0.05, 0) is 28.8 Å². The van der Waals surface area contributed by atoms with Crippen molar-refractivity contribution >= 4 is 29.4 Å². The molecule has 172 valence electrons. The Balaban J connectivity index is 1.66. The Hall–Kier alpha value is -3.48. The Labute approximate surface area is 202 Å². The number of halogens is 1. The quantitative estimate of drug-likeness (QED) is 0.452. The van der Waals surface area contributed by atoms with E-state index in [-0.39, 0.29) is 18.4 Å². The molecule has 34 heavy (non-hydrogen) atoms. The number of ether oxygens (including phenoxy) is 1. The molecule has 2 aliphatic heterocycles. The van der Waals surface area contributed by atoms with E-state index in [0.29, 0.717) is 5.02 Å². The average molecular weight is 475 g/mol. The first-order chi connectivity index (χ1) is 16.5. The maximum absolute atomic E-state index is 14.0. The molecule has 2 fully saturated rings. The molecule has 2 amide bonds. The van der Waals surface area contributed by atoms with Gasteiger partial charge in [0, 0.05) is 5.02 Å². The van der Waals surface area contributed by atoms with E-state index < -0.39 is 29.4 Å². The van der Waals surface area contributed by atoms with E-state index in [0.717, 1.165) is 16.7 Å². The van der Waals surface area contributed by atoms with E-state index in [1.807, 2.05) is 60.7 Å². The molecule has 5 rings (SSSR count). The third-order valence-corrected chi connectivity index (χ3v) is 7.07. The first-order valence-corrected chi connectivity index (χ1v) is 11.4. The van der Waals surface area contributed by atoms with Crippen LogP contribution in [0.4, 0.5) is 0 Å². The lowest BCUT2D eigenvalue weighted by molar-refractivity contribution is -0.148. The number of amides is 2. The number of nitrogens with zero attached hydrogens (tertiary/aromatic N) is 1. The second-order valence-corrected chi connectivity index (χ2v) is 9.01. The van der Waals surface area contributed by atoms with Crippen LogP contribution in [0.15, 0.2) is 84.9 Å². The van der Waals surface area contributed by atoms with Crippen LogP contribution in [-0.4, -0.2) is 35.8 Å². The summed E-state index contributed by atoms with van der Waals surface area (Å²) in [5, 5.41) is 3.95. The van der Waals surface area contributed by atoms with Crippen LogP contribution < -0.4 is 5.32 Å². The maximum atomic E-state index is 14.0. The van der Waals surface area contributed by atoms with E-state index in [9.17, 15) is 14.4 Å². The highest BCUT2D eigenvalue weighted by molar-refractivity contribution is 6.30. The number of methoxy groups -OCH3 is 1. The van der Waals surface area contributed by atoms with Crippen molar-refractivity contribution in [3.63, 3.8) is 0 Å². The molecule has 1 N–H and O–H groups in total. The van der Waals surface area contributed by atoms with Crippen LogP contribution in [0.3, 0.4) is 0 Å². The van der Waals surface area contributed by atoms with Crippen molar-refractivity contribution in [2.45, 2.75) is 18.1 Å². The molecule has 6 nitrogen and oxygen atoms in total. The minimum Gasteiger partial charge on any atom is -0.468 e. The third kappa shape index (κ3) is 3.42. The van der Waals surface area contributed by atoms with Crippen molar-refractivity contribution in [2.24, 2.45) is 11.8 Å². The summed E-state index contributed by atoms with van der Waals surface area (Å²) < 4.78 is 5.06. The number of esters is 1. The van der Waals surface area contributed by atoms with Crippen LogP contribution >= 0.6 is 11.6 Å². The number of rotatable bonds is 5. The molecule has 0 spiro atoms. The lowest BCUT2D eigenvalue weighted by atomic mass is 9.72. The monoisotopic (exact) mass is 474 g/mol. The zero-order valence-electron chi connectivity index (χ0n) is 18.5. The van der Waals surface area contributed by atoms with Gasteiger partial charge in [0.1, 0.15) is 6.04 Å². The van der Waals surface area contributed by atoms with Gasteiger partial charge in [-0.1, -0.05) is 84.4 Å². The summed E-state index contributed by atoms with van der Waals surface area (Å²) >= 11 is 6.00. The Morgan fingerprint density at radius 3 is 2.00 bits per heavy atom. The molecular weight excluding hydrogens is 452 g/mol. The fraction of sp³-hybridized carbons (Fsp3) is 0.222. The lowest BCUT2D eigenvalue weighted by Crippen LogP contribution is -2.51. The molecule has 2 aliphatic rings. The van der Waals surface area contributed by atoms with Gasteiger partial charge in [-0.25, -0.2) is 0 Å². The molecule has 2 saturated heterocycles. The largest absolute Gasteiger partial charge is 0.468 e. The van der Waals surface area contributed by atoms with Crippen LogP contribution in [-0.2, 0) is 31.2 Å². The molecular formula is C27H23ClN2O4. The van der Waals surface area contributed by atoms with Gasteiger partial charge < -0.3 is 4.74 Å². The van der Waals surface area contributed by atoms with Gasteiger partial charge in [-0.15, -0.1) is 0 Å². The highest BCUT2D eigenvalue weighted by atomic mass is 35.5. The standard InChI is InChI=1S/C27H23ClN2O4/c1-34-26(33)23-21-22(25(32)30(24(21)31)16-17-12-14-20(28)15-13-17)27(29-23,18-8-4-2-5-9-18)19-10-6-3-7-11-19/h2-15,21-23,29H,16H2,1H3/t21-,22+,23+/m0/s1. The van der Waals surface area contributed by atoms with Gasteiger partial charge in [0.15, 0.2) is 0 Å². The zero-order chi connectivity index (χ0) is 23.9. The SMILES string of the molecule is COC(=O)[C@@H]1NC(c2ccccc2)(c2ccccc2)[C@H]2C(=O)N(Cc3ccc(Cl)cc3)C(=O)[C@H]12. The molecule has 0 aromatic heterocycles. The van der Waals surface area contributed by atoms with E-state index in [1.165, 1.54) is 12.0 Å². The smallest absolute Gasteiger partial charge is 0.323 e. The summed E-state index contributed by atoms with van der Waals surface area (Å²) in [7, 11) is 1.29. The Bertz CT molecular complexity index is 1190. The predicted molar refractivity (Wildman–Crippen MR) is 127 cm³/mol. The van der Waals surface area contributed by atoms with Gasteiger partial charge >= 0.3 is 5.97 Å². The zero-order valence-corrected chi connectivity index (χ0v) is 19.2. The second-order valence-electron chi connectivity index (χ2n) is 8.58. The summed E-state index contributed by atoms with van der Waals surface area (Å²) in [5.41, 5.74) is 1.31. The number of carbonyl (C=O) groups excluding carboxylic acids is 3. The summed E-state index contributed by atoms with van der Waals surface area (Å²) in [6.07, 6.45) is 0. The number of benzene rings is 3. The molecule has 0 unspecified atom stereocenters. The first kappa shape index (κ1) is 22.3. The average Bonchev–Trinajstić information content (AvgIpc) is 3.36. The van der Waals surface area contributed by atoms with E-state index in [4.69, 9.17) is 16.3 Å². The molecule has 2 heterocycles. The summed E-state index contributed by atoms with van der Waals surface area (Å²) in [4.78, 5) is 41.8. The molecule has 3 aromatic rings. The van der Waals surface area contributed by atoms with Crippen LogP contribution in [0.25, 0.3) is 0 Å². The molecule has 0 radical (unpaired) electrons. The van der Waals surface area contributed by atoms with Gasteiger partial charge in [0.05, 0.1) is 31.0 Å². The van der Waals surface area contributed by atoms with Crippen molar-refractivity contribution in [2.75, 3.05) is 7.11 Å². The number of nitrogens with one attached hydrogen (secondary N) is 1. The van der Waals surface area contributed by atoms with E-state index in [2.05, 4.69) is 5.32 Å². The minimum absolute atomic E-state index is 0.107. The topological polar surface area (TPSA) is 75.7 Å². The van der Waals surface area contributed by atoms with Gasteiger partial charge in [0.25, 0.3) is 0 Å². The van der Waals surface area contributed by atoms with Crippen molar-refractivity contribution in [1.82, 2.24) is 10.2 Å². The number of hydrogen-bond acceptors (Lipinski definition) is 5. The fourth-order valence-electron chi connectivity index (χ4n) is 5.32. The minimum atomic E-state index is -1.08. The van der Waals surface area contributed by atoms with Crippen LogP contribution in [0.5, 0.6) is 0 Å².